The van der Waals surface area contributed by atoms with E-state index in [0.717, 1.165) is 6.42 Å². The molecule has 3 heteroatoms. The van der Waals surface area contributed by atoms with Gasteiger partial charge in [-0.25, -0.2) is 0 Å². The zero-order valence-corrected chi connectivity index (χ0v) is 11.2. The minimum Gasteiger partial charge on any atom is -0.395 e. The van der Waals surface area contributed by atoms with E-state index < -0.39 is 0 Å². The topological polar surface area (TPSA) is 45.1 Å². The van der Waals surface area contributed by atoms with Crippen LogP contribution in [-0.2, 0) is 6.42 Å². The lowest BCUT2D eigenvalue weighted by atomic mass is 10.0. The molecule has 2 N–H and O–H groups in total. The first-order valence-corrected chi connectivity index (χ1v) is 6.60. The molecule has 0 amide bonds. The predicted molar refractivity (Wildman–Crippen MR) is 76.8 cm³/mol. The van der Waals surface area contributed by atoms with Crippen LogP contribution >= 0.6 is 0 Å². The second kappa shape index (κ2) is 7.02. The number of aliphatic hydroxyl groups is 1. The van der Waals surface area contributed by atoms with Crippen molar-refractivity contribution in [2.24, 2.45) is 0 Å². The van der Waals surface area contributed by atoms with Gasteiger partial charge < -0.3 is 10.4 Å². The van der Waals surface area contributed by atoms with Gasteiger partial charge in [-0.15, -0.1) is 0 Å². The van der Waals surface area contributed by atoms with Gasteiger partial charge in [0.2, 0.25) is 0 Å². The number of nitrogens with zero attached hydrogens (tertiary/aromatic N) is 1. The fourth-order valence-electron chi connectivity index (χ4n) is 2.18. The monoisotopic (exact) mass is 256 g/mol. The molecule has 3 nitrogen and oxygen atoms in total. The largest absolute Gasteiger partial charge is 0.395 e. The Morgan fingerprint density at radius 2 is 1.79 bits per heavy atom. The van der Waals surface area contributed by atoms with Gasteiger partial charge in [0.05, 0.1) is 6.61 Å². The van der Waals surface area contributed by atoms with Gasteiger partial charge in [-0.2, -0.15) is 0 Å². The van der Waals surface area contributed by atoms with E-state index in [2.05, 4.69) is 29.4 Å². The summed E-state index contributed by atoms with van der Waals surface area (Å²) in [6.07, 6.45) is 4.41. The van der Waals surface area contributed by atoms with Crippen LogP contribution < -0.4 is 5.32 Å². The van der Waals surface area contributed by atoms with E-state index >= 15 is 0 Å². The number of aliphatic hydroxyl groups excluding tert-OH is 1. The number of hydrogen-bond donors (Lipinski definition) is 2. The summed E-state index contributed by atoms with van der Waals surface area (Å²) in [4.78, 5) is 4.02. The van der Waals surface area contributed by atoms with Crippen LogP contribution in [0.5, 0.6) is 0 Å². The van der Waals surface area contributed by atoms with Crippen molar-refractivity contribution in [3.63, 3.8) is 0 Å². The van der Waals surface area contributed by atoms with Crippen LogP contribution in [0.25, 0.3) is 0 Å². The van der Waals surface area contributed by atoms with Crippen molar-refractivity contribution in [3.05, 3.63) is 66.0 Å². The molecular weight excluding hydrogens is 236 g/mol. The maximum atomic E-state index is 9.51. The summed E-state index contributed by atoms with van der Waals surface area (Å²) < 4.78 is 0. The van der Waals surface area contributed by atoms with E-state index in [0.29, 0.717) is 0 Å². The molecule has 100 valence electrons. The standard InChI is InChI=1S/C16H20N2O/c1-13(15-7-9-17-10-8-15)18-16(12-19)11-14-5-3-2-4-6-14/h2-10,13,16,18-19H,11-12H2,1H3/t13?,16-/m0/s1. The number of benzene rings is 1. The zero-order valence-electron chi connectivity index (χ0n) is 11.2. The second-order valence-corrected chi connectivity index (χ2v) is 4.74. The first-order chi connectivity index (χ1) is 9.29. The van der Waals surface area contributed by atoms with Crippen molar-refractivity contribution in [2.75, 3.05) is 6.61 Å². The summed E-state index contributed by atoms with van der Waals surface area (Å²) in [6, 6.07) is 14.5. The number of rotatable bonds is 6. The van der Waals surface area contributed by atoms with E-state index in [9.17, 15) is 5.11 Å². The smallest absolute Gasteiger partial charge is 0.0588 e. The van der Waals surface area contributed by atoms with E-state index in [1.54, 1.807) is 12.4 Å². The highest BCUT2D eigenvalue weighted by Crippen LogP contribution is 2.12. The molecule has 2 rings (SSSR count). The highest BCUT2D eigenvalue weighted by Gasteiger charge is 2.13. The maximum absolute atomic E-state index is 9.51. The fourth-order valence-corrected chi connectivity index (χ4v) is 2.18. The van der Waals surface area contributed by atoms with Gasteiger partial charge >= 0.3 is 0 Å². The van der Waals surface area contributed by atoms with Gasteiger partial charge in [-0.1, -0.05) is 30.3 Å². The Morgan fingerprint density at radius 1 is 1.11 bits per heavy atom. The van der Waals surface area contributed by atoms with Gasteiger partial charge in [0.15, 0.2) is 0 Å². The fraction of sp³-hybridized carbons (Fsp3) is 0.312. The van der Waals surface area contributed by atoms with Gasteiger partial charge in [0.25, 0.3) is 0 Å². The predicted octanol–water partition coefficient (Wildman–Crippen LogP) is 2.34. The molecule has 0 aliphatic rings. The lowest BCUT2D eigenvalue weighted by molar-refractivity contribution is 0.232. The molecular formula is C16H20N2O. The quantitative estimate of drug-likeness (QED) is 0.834. The summed E-state index contributed by atoms with van der Waals surface area (Å²) in [6.45, 7) is 2.23. The van der Waals surface area contributed by atoms with Crippen LogP contribution in [0.4, 0.5) is 0 Å². The van der Waals surface area contributed by atoms with E-state index in [4.69, 9.17) is 0 Å². The summed E-state index contributed by atoms with van der Waals surface area (Å²) in [5, 5.41) is 13.0. The molecule has 0 spiro atoms. The first kappa shape index (κ1) is 13.7. The Hall–Kier alpha value is -1.71. The third-order valence-electron chi connectivity index (χ3n) is 3.24. The van der Waals surface area contributed by atoms with Crippen LogP contribution in [0.15, 0.2) is 54.9 Å². The normalized spacial score (nSPS) is 14.0. The van der Waals surface area contributed by atoms with Crippen LogP contribution in [0.1, 0.15) is 24.1 Å². The van der Waals surface area contributed by atoms with Crippen LogP contribution in [-0.4, -0.2) is 22.7 Å². The van der Waals surface area contributed by atoms with Crippen molar-refractivity contribution in [1.82, 2.24) is 10.3 Å². The summed E-state index contributed by atoms with van der Waals surface area (Å²) in [7, 11) is 0. The van der Waals surface area contributed by atoms with Gasteiger partial charge in [0, 0.05) is 24.5 Å². The molecule has 1 unspecified atom stereocenters. The molecule has 0 bridgehead atoms. The van der Waals surface area contributed by atoms with Crippen molar-refractivity contribution in [2.45, 2.75) is 25.4 Å². The highest BCUT2D eigenvalue weighted by molar-refractivity contribution is 5.17. The Kier molecular flexibility index (Phi) is 5.07. The van der Waals surface area contributed by atoms with E-state index in [1.165, 1.54) is 11.1 Å². The van der Waals surface area contributed by atoms with E-state index in [-0.39, 0.29) is 18.7 Å². The number of aromatic nitrogens is 1. The summed E-state index contributed by atoms with van der Waals surface area (Å²) in [5.74, 6) is 0. The van der Waals surface area contributed by atoms with Gasteiger partial charge in [-0.05, 0) is 36.6 Å². The average molecular weight is 256 g/mol. The minimum atomic E-state index is 0.0607. The lowest BCUT2D eigenvalue weighted by Gasteiger charge is -2.22. The Labute approximate surface area is 114 Å². The van der Waals surface area contributed by atoms with Gasteiger partial charge in [0.1, 0.15) is 0 Å². The Morgan fingerprint density at radius 3 is 2.42 bits per heavy atom. The molecule has 2 atom stereocenters. The Balaban J connectivity index is 1.96. The SMILES string of the molecule is CC(N[C@H](CO)Cc1ccccc1)c1ccncc1. The molecule has 0 saturated carbocycles. The first-order valence-electron chi connectivity index (χ1n) is 6.60. The molecule has 1 aromatic heterocycles. The minimum absolute atomic E-state index is 0.0607. The summed E-state index contributed by atoms with van der Waals surface area (Å²) >= 11 is 0. The number of nitrogens with one attached hydrogen (secondary N) is 1. The molecule has 0 fully saturated rings. The molecule has 19 heavy (non-hydrogen) atoms. The molecule has 0 saturated heterocycles. The van der Waals surface area contributed by atoms with E-state index in [1.807, 2.05) is 30.3 Å². The maximum Gasteiger partial charge on any atom is 0.0588 e. The van der Waals surface area contributed by atoms with Gasteiger partial charge in [-0.3, -0.25) is 4.98 Å². The molecule has 0 aliphatic heterocycles. The third-order valence-corrected chi connectivity index (χ3v) is 3.24. The zero-order chi connectivity index (χ0) is 13.5. The lowest BCUT2D eigenvalue weighted by Crippen LogP contribution is -2.36. The molecule has 0 aliphatic carbocycles. The molecule has 0 radical (unpaired) electrons. The number of pyridine rings is 1. The van der Waals surface area contributed by atoms with Crippen molar-refractivity contribution in [3.8, 4) is 0 Å². The highest BCUT2D eigenvalue weighted by atomic mass is 16.3. The molecule has 2 aromatic rings. The van der Waals surface area contributed by atoms with Crippen molar-refractivity contribution < 1.29 is 5.11 Å². The van der Waals surface area contributed by atoms with Crippen LogP contribution in [0, 0.1) is 0 Å². The Bertz CT molecular complexity index is 473. The second-order valence-electron chi connectivity index (χ2n) is 4.74. The van der Waals surface area contributed by atoms with Crippen LogP contribution in [0.3, 0.4) is 0 Å². The van der Waals surface area contributed by atoms with Crippen molar-refractivity contribution in [1.29, 1.82) is 0 Å². The third kappa shape index (κ3) is 4.16. The average Bonchev–Trinajstić information content (AvgIpc) is 2.48. The summed E-state index contributed by atoms with van der Waals surface area (Å²) in [5.41, 5.74) is 2.41. The van der Waals surface area contributed by atoms with Crippen LogP contribution in [0.2, 0.25) is 0 Å². The molecule has 1 aromatic carbocycles. The van der Waals surface area contributed by atoms with Crippen molar-refractivity contribution >= 4 is 0 Å². The number of hydrogen-bond acceptors (Lipinski definition) is 3. The molecule has 1 heterocycles.